The van der Waals surface area contributed by atoms with Gasteiger partial charge in [-0.1, -0.05) is 0 Å². The van der Waals surface area contributed by atoms with Crippen molar-refractivity contribution < 1.29 is 26.5 Å². The Bertz CT molecular complexity index is 211. The van der Waals surface area contributed by atoms with Crippen LogP contribution in [0, 0.1) is 0 Å². The Morgan fingerprint density at radius 1 is 1.08 bits per heavy atom. The van der Waals surface area contributed by atoms with Crippen LogP contribution in [0.3, 0.4) is 0 Å². The van der Waals surface area contributed by atoms with Gasteiger partial charge in [0.1, 0.15) is 0 Å². The normalized spacial score (nSPS) is 8.92. The van der Waals surface area contributed by atoms with Crippen molar-refractivity contribution in [2.24, 2.45) is 0 Å². The Hall–Kier alpha value is 0.0662. The molecule has 0 saturated heterocycles. The van der Waals surface area contributed by atoms with Crippen LogP contribution in [-0.2, 0) is 4.55 Å². The van der Waals surface area contributed by atoms with Crippen LogP contribution in [0.2, 0.25) is 0 Å². The van der Waals surface area contributed by atoms with Gasteiger partial charge in [0, 0.05) is 0 Å². The minimum Gasteiger partial charge on any atom is -1.00 e. The van der Waals surface area contributed by atoms with E-state index in [-0.39, 0.29) is 17.0 Å². The van der Waals surface area contributed by atoms with Crippen LogP contribution in [0.25, 0.3) is 0 Å². The van der Waals surface area contributed by atoms with Crippen LogP contribution in [0.5, 0.6) is 11.5 Å². The van der Waals surface area contributed by atoms with Crippen molar-refractivity contribution in [3.8, 4) is 11.5 Å². The van der Waals surface area contributed by atoms with Gasteiger partial charge in [-0.2, -0.15) is 0 Å². The van der Waals surface area contributed by atoms with E-state index in [1.165, 1.54) is 5.56 Å². The van der Waals surface area contributed by atoms with Gasteiger partial charge in [-0.25, -0.2) is 0 Å². The van der Waals surface area contributed by atoms with Crippen LogP contribution in [0.15, 0.2) is 18.2 Å². The summed E-state index contributed by atoms with van der Waals surface area (Å²) in [7, 11) is 3.33. The first-order valence-electron chi connectivity index (χ1n) is 3.81. The second kappa shape index (κ2) is 6.51. The molecule has 1 rings (SSSR count). The van der Waals surface area contributed by atoms with Gasteiger partial charge in [0.25, 0.3) is 0 Å². The summed E-state index contributed by atoms with van der Waals surface area (Å²) in [5, 5.41) is 0. The Morgan fingerprint density at radius 3 is 1.85 bits per heavy atom. The van der Waals surface area contributed by atoms with Gasteiger partial charge in [0.15, 0.2) is 0 Å². The maximum absolute atomic E-state index is 5.12. The zero-order valence-corrected chi connectivity index (χ0v) is 10.8. The number of hydrogen-bond acceptors (Lipinski definition) is 2. The summed E-state index contributed by atoms with van der Waals surface area (Å²) in [6.45, 7) is 0. The number of halogens is 1. The van der Waals surface area contributed by atoms with E-state index in [4.69, 9.17) is 9.47 Å². The van der Waals surface area contributed by atoms with Crippen molar-refractivity contribution in [2.45, 2.75) is 4.55 Å². The molecule has 0 saturated carbocycles. The monoisotopic (exact) mass is 254 g/mol. The van der Waals surface area contributed by atoms with E-state index in [1.54, 1.807) is 14.2 Å². The van der Waals surface area contributed by atoms with E-state index in [1.807, 2.05) is 39.9 Å². The quantitative estimate of drug-likeness (QED) is 0.604. The van der Waals surface area contributed by atoms with Gasteiger partial charge in [-0.05, 0) is 0 Å². The van der Waals surface area contributed by atoms with E-state index in [9.17, 15) is 0 Å². The fraction of sp³-hybridized carbons (Fsp3) is 0.333. The molecule has 1 aromatic rings. The van der Waals surface area contributed by atoms with Crippen molar-refractivity contribution in [1.82, 2.24) is 0 Å². The van der Waals surface area contributed by atoms with E-state index < -0.39 is 0 Å². The first-order chi connectivity index (χ1) is 5.80. The molecule has 0 aromatic heterocycles. The van der Waals surface area contributed by atoms with Crippen molar-refractivity contribution in [3.05, 3.63) is 23.8 Å². The molecule has 0 aliphatic heterocycles. The molecule has 0 fully saturated rings. The van der Waals surface area contributed by atoms with Crippen LogP contribution < -0.4 is 26.5 Å². The van der Waals surface area contributed by atoms with Crippen LogP contribution in [0.1, 0.15) is 5.56 Å². The van der Waals surface area contributed by atoms with E-state index in [0.717, 1.165) is 16.0 Å². The molecule has 2 nitrogen and oxygen atoms in total. The van der Waals surface area contributed by atoms with E-state index in [2.05, 4.69) is 0 Å². The Kier molecular flexibility index (Phi) is 6.54. The summed E-state index contributed by atoms with van der Waals surface area (Å²) in [6.07, 6.45) is 0. The molecule has 0 spiro atoms. The standard InChI is InChI=1S/C9H11O2.BrH.Mg/c1-7-4-8(10-2)6-9(5-7)11-3;;/h4-6H,1H2,2-3H3;1H;/q;;+1/p-1. The van der Waals surface area contributed by atoms with E-state index in [0.29, 0.717) is 0 Å². The smallest absolute Gasteiger partial charge is 1.00 e. The predicted octanol–water partition coefficient (Wildman–Crippen LogP) is -1.62. The number of rotatable bonds is 3. The zero-order valence-electron chi connectivity index (χ0n) is 7.84. The third-order valence-electron chi connectivity index (χ3n) is 1.70. The second-order valence-electron chi connectivity index (χ2n) is 2.47. The Morgan fingerprint density at radius 2 is 1.54 bits per heavy atom. The molecular weight excluding hydrogens is 244 g/mol. The third-order valence-corrected chi connectivity index (χ3v) is 2.28. The Labute approximate surface area is 102 Å². The minimum atomic E-state index is 0. The van der Waals surface area contributed by atoms with Gasteiger partial charge in [-0.15, -0.1) is 0 Å². The largest absolute Gasteiger partial charge is 1.00 e. The molecule has 4 heteroatoms. The SMILES string of the molecule is COc1cc([CH2][Mg+])cc(OC)c1.[Br-]. The molecule has 68 valence electrons. The molecule has 0 aliphatic rings. The molecule has 0 bridgehead atoms. The molecule has 0 aliphatic carbocycles. The maximum atomic E-state index is 5.12. The maximum Gasteiger partial charge on any atom is -1.00 e. The van der Waals surface area contributed by atoms with Crippen molar-refractivity contribution in [3.63, 3.8) is 0 Å². The average Bonchev–Trinajstić information content (AvgIpc) is 2.16. The van der Waals surface area contributed by atoms with Gasteiger partial charge in [-0.3, -0.25) is 0 Å². The van der Waals surface area contributed by atoms with Gasteiger partial charge in [0.05, 0.1) is 0 Å². The van der Waals surface area contributed by atoms with Crippen molar-refractivity contribution in [1.29, 1.82) is 0 Å². The number of benzene rings is 1. The summed E-state index contributed by atoms with van der Waals surface area (Å²) in [5.74, 6) is 1.71. The molecule has 0 unspecified atom stereocenters. The minimum absolute atomic E-state index is 0. The molecule has 1 aromatic carbocycles. The average molecular weight is 255 g/mol. The summed E-state index contributed by atoms with van der Waals surface area (Å²) >= 11 is 1.92. The fourth-order valence-corrected chi connectivity index (χ4v) is 1.30. The fourth-order valence-electron chi connectivity index (χ4n) is 1.01. The van der Waals surface area contributed by atoms with Crippen LogP contribution in [-0.4, -0.2) is 35.9 Å². The molecule has 0 amide bonds. The summed E-state index contributed by atoms with van der Waals surface area (Å²) in [4.78, 5) is 0. The topological polar surface area (TPSA) is 18.5 Å². The molecule has 0 N–H and O–H groups in total. The summed E-state index contributed by atoms with van der Waals surface area (Å²) in [5.41, 5.74) is 1.24. The Balaban J connectivity index is 0.00000144. The van der Waals surface area contributed by atoms with Gasteiger partial charge < -0.3 is 17.0 Å². The number of hydrogen-bond donors (Lipinski definition) is 0. The molecule has 0 heterocycles. The first kappa shape index (κ1) is 13.1. The van der Waals surface area contributed by atoms with Crippen molar-refractivity contribution >= 4 is 21.7 Å². The molecule has 13 heavy (non-hydrogen) atoms. The molecule has 0 radical (unpaired) electrons. The number of ether oxygens (including phenoxy) is 2. The zero-order chi connectivity index (χ0) is 8.97. The predicted molar refractivity (Wildman–Crippen MR) is 49.0 cm³/mol. The number of methoxy groups -OCH3 is 2. The van der Waals surface area contributed by atoms with Gasteiger partial charge in [0.2, 0.25) is 0 Å². The first-order valence-corrected chi connectivity index (χ1v) is 4.81. The summed E-state index contributed by atoms with van der Waals surface area (Å²) in [6, 6.07) is 5.92. The van der Waals surface area contributed by atoms with Crippen LogP contribution >= 0.6 is 0 Å². The summed E-state index contributed by atoms with van der Waals surface area (Å²) < 4.78 is 11.3. The molecular formula is C9H11BrMgO2. The second-order valence-corrected chi connectivity index (χ2v) is 2.97. The van der Waals surface area contributed by atoms with Gasteiger partial charge >= 0.3 is 85.2 Å². The van der Waals surface area contributed by atoms with Crippen LogP contribution in [0.4, 0.5) is 0 Å². The van der Waals surface area contributed by atoms with Crippen molar-refractivity contribution in [2.75, 3.05) is 14.2 Å². The third kappa shape index (κ3) is 3.75. The van der Waals surface area contributed by atoms with E-state index >= 15 is 0 Å². The molecule has 0 atom stereocenters.